The number of benzene rings is 1. The van der Waals surface area contributed by atoms with Gasteiger partial charge in [-0.1, -0.05) is 30.0 Å². The van der Waals surface area contributed by atoms with Gasteiger partial charge in [-0.3, -0.25) is 4.79 Å². The standard InChI is InChI=1S/C19H26O6S/c1-12(20)22-17(26-13-9-7-6-8-10-13)16-15(24-19(4,5)25-16)14-11-21-18(2,3)23-14/h6-10,14-17H,11H2,1-5H3/t14-,15-,16-,17?/m1/s1. The molecule has 0 aliphatic carbocycles. The zero-order chi connectivity index (χ0) is 18.9. The second-order valence-electron chi connectivity index (χ2n) is 7.34. The molecule has 0 aromatic heterocycles. The third-order valence-corrected chi connectivity index (χ3v) is 5.25. The van der Waals surface area contributed by atoms with Gasteiger partial charge < -0.3 is 23.7 Å². The van der Waals surface area contributed by atoms with Gasteiger partial charge in [0.05, 0.1) is 6.61 Å². The highest BCUT2D eigenvalue weighted by Gasteiger charge is 2.53. The molecule has 0 spiro atoms. The Labute approximate surface area is 158 Å². The molecule has 2 aliphatic rings. The minimum Gasteiger partial charge on any atom is -0.448 e. The summed E-state index contributed by atoms with van der Waals surface area (Å²) in [5, 5.41) is 0. The van der Waals surface area contributed by atoms with Crippen LogP contribution in [0.5, 0.6) is 0 Å². The molecule has 0 amide bonds. The fourth-order valence-corrected chi connectivity index (χ4v) is 4.26. The van der Waals surface area contributed by atoms with Crippen LogP contribution in [0.4, 0.5) is 0 Å². The highest BCUT2D eigenvalue weighted by Crippen LogP contribution is 2.41. The van der Waals surface area contributed by atoms with Crippen LogP contribution in [0.15, 0.2) is 35.2 Å². The van der Waals surface area contributed by atoms with Crippen molar-refractivity contribution in [1.82, 2.24) is 0 Å². The van der Waals surface area contributed by atoms with Crippen molar-refractivity contribution in [2.75, 3.05) is 6.61 Å². The van der Waals surface area contributed by atoms with Crippen molar-refractivity contribution in [2.45, 2.75) is 74.8 Å². The predicted molar refractivity (Wildman–Crippen MR) is 96.6 cm³/mol. The Balaban J connectivity index is 1.83. The molecule has 2 aliphatic heterocycles. The molecule has 0 N–H and O–H groups in total. The third kappa shape index (κ3) is 4.78. The second-order valence-corrected chi connectivity index (χ2v) is 8.51. The lowest BCUT2D eigenvalue weighted by atomic mass is 10.1. The summed E-state index contributed by atoms with van der Waals surface area (Å²) < 4.78 is 29.5. The van der Waals surface area contributed by atoms with Gasteiger partial charge in [0.1, 0.15) is 18.3 Å². The minimum atomic E-state index is -0.804. The molecule has 2 heterocycles. The molecule has 0 bridgehead atoms. The molecule has 26 heavy (non-hydrogen) atoms. The maximum atomic E-state index is 11.7. The maximum absolute atomic E-state index is 11.7. The van der Waals surface area contributed by atoms with Crippen LogP contribution in [-0.4, -0.2) is 47.9 Å². The lowest BCUT2D eigenvalue weighted by Crippen LogP contribution is -2.44. The first-order valence-corrected chi connectivity index (χ1v) is 9.59. The summed E-state index contributed by atoms with van der Waals surface area (Å²) in [6.07, 6.45) is -1.19. The summed E-state index contributed by atoms with van der Waals surface area (Å²) in [6.45, 7) is 9.22. The van der Waals surface area contributed by atoms with Gasteiger partial charge >= 0.3 is 5.97 Å². The highest BCUT2D eigenvalue weighted by atomic mass is 32.2. The van der Waals surface area contributed by atoms with Crippen molar-refractivity contribution in [3.63, 3.8) is 0 Å². The van der Waals surface area contributed by atoms with Gasteiger partial charge in [0.15, 0.2) is 17.0 Å². The van der Waals surface area contributed by atoms with E-state index in [2.05, 4.69) is 0 Å². The predicted octanol–water partition coefficient (Wildman–Crippen LogP) is 3.34. The molecule has 4 atom stereocenters. The van der Waals surface area contributed by atoms with Crippen molar-refractivity contribution >= 4 is 17.7 Å². The van der Waals surface area contributed by atoms with E-state index in [1.807, 2.05) is 58.0 Å². The Morgan fingerprint density at radius 1 is 1.12 bits per heavy atom. The van der Waals surface area contributed by atoms with Crippen molar-refractivity contribution < 1.29 is 28.5 Å². The molecule has 1 unspecified atom stereocenters. The average Bonchev–Trinajstić information content (AvgIpc) is 3.06. The third-order valence-electron chi connectivity index (χ3n) is 4.11. The van der Waals surface area contributed by atoms with Crippen molar-refractivity contribution in [1.29, 1.82) is 0 Å². The van der Waals surface area contributed by atoms with E-state index in [0.29, 0.717) is 6.61 Å². The molecular weight excluding hydrogens is 356 g/mol. The molecule has 6 nitrogen and oxygen atoms in total. The Hall–Kier alpha value is -1.12. The lowest BCUT2D eigenvalue weighted by Gasteiger charge is -2.28. The van der Waals surface area contributed by atoms with E-state index in [1.54, 1.807) is 0 Å². The summed E-state index contributed by atoms with van der Waals surface area (Å²) in [4.78, 5) is 12.7. The van der Waals surface area contributed by atoms with Crippen LogP contribution in [0, 0.1) is 0 Å². The Morgan fingerprint density at radius 3 is 2.38 bits per heavy atom. The van der Waals surface area contributed by atoms with Gasteiger partial charge in [0.2, 0.25) is 0 Å². The SMILES string of the molecule is CC(=O)OC(Sc1ccccc1)[C@@H]1OC(C)(C)O[C@@H]1[C@H]1COC(C)(C)O1. The zero-order valence-electron chi connectivity index (χ0n) is 15.8. The van der Waals surface area contributed by atoms with Gasteiger partial charge in [-0.15, -0.1) is 0 Å². The van der Waals surface area contributed by atoms with E-state index in [0.717, 1.165) is 4.90 Å². The lowest BCUT2D eigenvalue weighted by molar-refractivity contribution is -0.175. The quantitative estimate of drug-likeness (QED) is 0.440. The number of hydrogen-bond acceptors (Lipinski definition) is 7. The number of thioether (sulfide) groups is 1. The first kappa shape index (κ1) is 19.6. The van der Waals surface area contributed by atoms with E-state index in [9.17, 15) is 4.79 Å². The van der Waals surface area contributed by atoms with Crippen LogP contribution in [0.1, 0.15) is 34.6 Å². The molecular formula is C19H26O6S. The van der Waals surface area contributed by atoms with Crippen LogP contribution in [0.2, 0.25) is 0 Å². The van der Waals surface area contributed by atoms with Crippen LogP contribution in [0.25, 0.3) is 0 Å². The number of carbonyl (C=O) groups excluding carboxylic acids is 1. The molecule has 1 aromatic carbocycles. The summed E-state index contributed by atoms with van der Waals surface area (Å²) in [5.74, 6) is -1.84. The number of carbonyl (C=O) groups is 1. The number of rotatable bonds is 5. The molecule has 0 radical (unpaired) electrons. The fraction of sp³-hybridized carbons (Fsp3) is 0.632. The summed E-state index contributed by atoms with van der Waals surface area (Å²) in [7, 11) is 0. The van der Waals surface area contributed by atoms with Gasteiger partial charge in [0.25, 0.3) is 0 Å². The molecule has 3 rings (SSSR count). The van der Waals surface area contributed by atoms with Crippen molar-refractivity contribution in [3.8, 4) is 0 Å². The highest BCUT2D eigenvalue weighted by molar-refractivity contribution is 7.99. The Morgan fingerprint density at radius 2 is 1.81 bits per heavy atom. The largest absolute Gasteiger partial charge is 0.448 e. The monoisotopic (exact) mass is 382 g/mol. The van der Waals surface area contributed by atoms with E-state index < -0.39 is 29.2 Å². The molecule has 0 saturated carbocycles. The van der Waals surface area contributed by atoms with Gasteiger partial charge in [-0.2, -0.15) is 0 Å². The van der Waals surface area contributed by atoms with Crippen molar-refractivity contribution in [2.24, 2.45) is 0 Å². The average molecular weight is 382 g/mol. The smallest absolute Gasteiger partial charge is 0.303 e. The summed E-state index contributed by atoms with van der Waals surface area (Å²) in [6, 6.07) is 9.76. The van der Waals surface area contributed by atoms with Crippen LogP contribution in [-0.2, 0) is 28.5 Å². The summed E-state index contributed by atoms with van der Waals surface area (Å²) in [5.41, 5.74) is -0.561. The van der Waals surface area contributed by atoms with E-state index in [-0.39, 0.29) is 12.1 Å². The number of ether oxygens (including phenoxy) is 5. The van der Waals surface area contributed by atoms with Crippen molar-refractivity contribution in [3.05, 3.63) is 30.3 Å². The topological polar surface area (TPSA) is 63.2 Å². The van der Waals surface area contributed by atoms with E-state index in [4.69, 9.17) is 23.7 Å². The summed E-state index contributed by atoms with van der Waals surface area (Å²) >= 11 is 1.43. The Bertz CT molecular complexity index is 632. The fourth-order valence-electron chi connectivity index (χ4n) is 3.15. The minimum absolute atomic E-state index is 0.300. The normalized spacial score (nSPS) is 30.9. The van der Waals surface area contributed by atoms with E-state index >= 15 is 0 Å². The molecule has 144 valence electrons. The first-order chi connectivity index (χ1) is 12.2. The second kappa shape index (κ2) is 7.48. The van der Waals surface area contributed by atoms with Gasteiger partial charge in [-0.05, 0) is 39.8 Å². The number of esters is 1. The van der Waals surface area contributed by atoms with Gasteiger partial charge in [-0.25, -0.2) is 0 Å². The first-order valence-electron chi connectivity index (χ1n) is 8.71. The molecule has 1 aromatic rings. The Kier molecular flexibility index (Phi) is 5.65. The molecule has 2 fully saturated rings. The number of hydrogen-bond donors (Lipinski definition) is 0. The zero-order valence-corrected chi connectivity index (χ0v) is 16.6. The van der Waals surface area contributed by atoms with Gasteiger partial charge in [0, 0.05) is 11.8 Å². The maximum Gasteiger partial charge on any atom is 0.303 e. The van der Waals surface area contributed by atoms with Crippen LogP contribution < -0.4 is 0 Å². The molecule has 7 heteroatoms. The molecule has 2 saturated heterocycles. The van der Waals surface area contributed by atoms with Crippen LogP contribution in [0.3, 0.4) is 0 Å². The van der Waals surface area contributed by atoms with Crippen LogP contribution >= 0.6 is 11.8 Å². The van der Waals surface area contributed by atoms with E-state index in [1.165, 1.54) is 18.7 Å².